The molecule has 0 atom stereocenters. The molecule has 114 valence electrons. The first kappa shape index (κ1) is 15.5. The van der Waals surface area contributed by atoms with Crippen LogP contribution in [-0.2, 0) is 28.8 Å². The lowest BCUT2D eigenvalue weighted by Gasteiger charge is -2.06. The summed E-state index contributed by atoms with van der Waals surface area (Å²) >= 11 is 0. The van der Waals surface area contributed by atoms with Gasteiger partial charge in [-0.25, -0.2) is 0 Å². The molecule has 0 unspecified atom stereocenters. The molecule has 0 amide bonds. The zero-order valence-corrected chi connectivity index (χ0v) is 12.7. The Labute approximate surface area is 126 Å². The van der Waals surface area contributed by atoms with Crippen LogP contribution < -0.4 is 0 Å². The first-order valence-corrected chi connectivity index (χ1v) is 7.73. The summed E-state index contributed by atoms with van der Waals surface area (Å²) in [6.07, 6.45) is 16.2. The summed E-state index contributed by atoms with van der Waals surface area (Å²) in [5.74, 6) is -0.151. The Hall–Kier alpha value is -1.84. The molecular formula is C17H24N2O2. The number of nitrogens with one attached hydrogen (secondary N) is 1. The standard InChI is InChI=1S/C17H24N2O2/c1-21-17(20)13-9-5-4-8-12-16-14-10-6-2-3-7-11-15(14)18-19-16/h2-5H,6-13H2,1H3,(H,18,19)/b3-2-,5-4-. The van der Waals surface area contributed by atoms with Crippen molar-refractivity contribution in [2.24, 2.45) is 0 Å². The molecule has 0 spiro atoms. The van der Waals surface area contributed by atoms with Crippen molar-refractivity contribution >= 4 is 5.97 Å². The average Bonchev–Trinajstić information content (AvgIpc) is 2.83. The number of ether oxygens (including phenoxy) is 1. The maximum absolute atomic E-state index is 11.0. The summed E-state index contributed by atoms with van der Waals surface area (Å²) in [6.45, 7) is 0. The molecule has 1 heterocycles. The number of carbonyl (C=O) groups is 1. The molecule has 1 N–H and O–H groups in total. The first-order valence-electron chi connectivity index (χ1n) is 7.73. The average molecular weight is 288 g/mol. The summed E-state index contributed by atoms with van der Waals surface area (Å²) in [5.41, 5.74) is 3.93. The molecule has 1 aromatic rings. The lowest BCUT2D eigenvalue weighted by molar-refractivity contribution is -0.140. The zero-order chi connectivity index (χ0) is 14.9. The number of fused-ring (bicyclic) bond motifs is 1. The Morgan fingerprint density at radius 1 is 1.29 bits per heavy atom. The van der Waals surface area contributed by atoms with Gasteiger partial charge in [-0.1, -0.05) is 24.3 Å². The number of aromatic nitrogens is 2. The van der Waals surface area contributed by atoms with E-state index < -0.39 is 0 Å². The van der Waals surface area contributed by atoms with Crippen molar-refractivity contribution in [2.45, 2.75) is 51.4 Å². The van der Waals surface area contributed by atoms with E-state index in [9.17, 15) is 4.79 Å². The molecule has 0 aromatic carbocycles. The van der Waals surface area contributed by atoms with Gasteiger partial charge in [0.15, 0.2) is 0 Å². The van der Waals surface area contributed by atoms with Crippen LogP contribution in [-0.4, -0.2) is 23.3 Å². The van der Waals surface area contributed by atoms with Crippen LogP contribution in [0.25, 0.3) is 0 Å². The normalized spacial score (nSPS) is 16.2. The lowest BCUT2D eigenvalue weighted by atomic mass is 9.99. The number of carbonyl (C=O) groups excluding carboxylic acids is 1. The number of rotatable bonds is 6. The number of nitrogens with zero attached hydrogens (tertiary/aromatic N) is 1. The van der Waals surface area contributed by atoms with Crippen molar-refractivity contribution in [1.29, 1.82) is 0 Å². The Balaban J connectivity index is 1.79. The van der Waals surface area contributed by atoms with Gasteiger partial charge in [-0.05, 0) is 50.5 Å². The molecule has 1 aliphatic carbocycles. The van der Waals surface area contributed by atoms with Gasteiger partial charge in [-0.2, -0.15) is 5.10 Å². The number of methoxy groups -OCH3 is 1. The highest BCUT2D eigenvalue weighted by molar-refractivity contribution is 5.69. The van der Waals surface area contributed by atoms with E-state index in [4.69, 9.17) is 0 Å². The molecule has 4 heteroatoms. The minimum atomic E-state index is -0.151. The van der Waals surface area contributed by atoms with Crippen LogP contribution >= 0.6 is 0 Å². The van der Waals surface area contributed by atoms with Crippen molar-refractivity contribution < 1.29 is 9.53 Å². The molecule has 0 aliphatic heterocycles. The third kappa shape index (κ3) is 4.88. The Morgan fingerprint density at radius 3 is 2.86 bits per heavy atom. The van der Waals surface area contributed by atoms with Crippen molar-refractivity contribution in [2.75, 3.05) is 7.11 Å². The minimum Gasteiger partial charge on any atom is -0.469 e. The van der Waals surface area contributed by atoms with E-state index in [0.29, 0.717) is 6.42 Å². The zero-order valence-electron chi connectivity index (χ0n) is 12.7. The highest BCUT2D eigenvalue weighted by Gasteiger charge is 2.12. The second-order valence-electron chi connectivity index (χ2n) is 5.30. The number of allylic oxidation sites excluding steroid dienone is 4. The van der Waals surface area contributed by atoms with Gasteiger partial charge in [-0.15, -0.1) is 0 Å². The fraction of sp³-hybridized carbons (Fsp3) is 0.529. The van der Waals surface area contributed by atoms with Crippen LogP contribution in [0, 0.1) is 0 Å². The van der Waals surface area contributed by atoms with Crippen LogP contribution in [0.3, 0.4) is 0 Å². The molecule has 1 aliphatic rings. The summed E-state index contributed by atoms with van der Waals surface area (Å²) in [5, 5.41) is 7.68. The summed E-state index contributed by atoms with van der Waals surface area (Å²) < 4.78 is 4.61. The molecule has 4 nitrogen and oxygen atoms in total. The second-order valence-corrected chi connectivity index (χ2v) is 5.30. The van der Waals surface area contributed by atoms with Gasteiger partial charge in [0.1, 0.15) is 0 Å². The van der Waals surface area contributed by atoms with E-state index in [1.54, 1.807) is 0 Å². The SMILES string of the molecule is COC(=O)CC/C=C\CCc1n[nH]c2c1CC/C=C\CC2. The van der Waals surface area contributed by atoms with Gasteiger partial charge < -0.3 is 4.74 Å². The number of hydrogen-bond acceptors (Lipinski definition) is 3. The van der Waals surface area contributed by atoms with Crippen molar-refractivity contribution in [3.63, 3.8) is 0 Å². The quantitative estimate of drug-likeness (QED) is 0.645. The fourth-order valence-electron chi connectivity index (χ4n) is 2.60. The Kier molecular flexibility index (Phi) is 6.25. The van der Waals surface area contributed by atoms with Crippen LogP contribution in [0.4, 0.5) is 0 Å². The van der Waals surface area contributed by atoms with Crippen molar-refractivity contribution in [3.8, 4) is 0 Å². The molecule has 21 heavy (non-hydrogen) atoms. The van der Waals surface area contributed by atoms with Gasteiger partial charge in [0.05, 0.1) is 12.8 Å². The molecule has 2 rings (SSSR count). The Bertz CT molecular complexity index is 515. The third-order valence-corrected chi connectivity index (χ3v) is 3.78. The molecule has 0 bridgehead atoms. The van der Waals surface area contributed by atoms with Gasteiger partial charge in [0, 0.05) is 12.1 Å². The first-order chi connectivity index (χ1) is 10.3. The summed E-state index contributed by atoms with van der Waals surface area (Å²) in [7, 11) is 1.42. The third-order valence-electron chi connectivity index (χ3n) is 3.78. The smallest absolute Gasteiger partial charge is 0.305 e. The summed E-state index contributed by atoms with van der Waals surface area (Å²) in [4.78, 5) is 11.0. The van der Waals surface area contributed by atoms with Crippen LogP contribution in [0.1, 0.15) is 49.1 Å². The topological polar surface area (TPSA) is 55.0 Å². The number of esters is 1. The van der Waals surface area contributed by atoms with Gasteiger partial charge in [-0.3, -0.25) is 9.89 Å². The van der Waals surface area contributed by atoms with Gasteiger partial charge in [0.25, 0.3) is 0 Å². The Morgan fingerprint density at radius 2 is 2.05 bits per heavy atom. The van der Waals surface area contributed by atoms with E-state index >= 15 is 0 Å². The van der Waals surface area contributed by atoms with Crippen LogP contribution in [0.15, 0.2) is 24.3 Å². The molecule has 0 fully saturated rings. The maximum Gasteiger partial charge on any atom is 0.305 e. The highest BCUT2D eigenvalue weighted by Crippen LogP contribution is 2.19. The number of H-pyrrole nitrogens is 1. The number of hydrogen-bond donors (Lipinski definition) is 1. The van der Waals surface area contributed by atoms with Gasteiger partial charge in [0.2, 0.25) is 0 Å². The number of aromatic amines is 1. The number of aryl methyl sites for hydroxylation is 2. The predicted molar refractivity (Wildman–Crippen MR) is 83.1 cm³/mol. The lowest BCUT2D eigenvalue weighted by Crippen LogP contribution is -1.98. The fourth-order valence-corrected chi connectivity index (χ4v) is 2.60. The van der Waals surface area contributed by atoms with Crippen LogP contribution in [0.5, 0.6) is 0 Å². The largest absolute Gasteiger partial charge is 0.469 e. The maximum atomic E-state index is 11.0. The van der Waals surface area contributed by atoms with Crippen molar-refractivity contribution in [1.82, 2.24) is 10.2 Å². The monoisotopic (exact) mass is 288 g/mol. The molecule has 1 aromatic heterocycles. The molecule has 0 saturated carbocycles. The second kappa shape index (κ2) is 8.45. The van der Waals surface area contributed by atoms with E-state index in [1.807, 2.05) is 0 Å². The molecule has 0 radical (unpaired) electrons. The van der Waals surface area contributed by atoms with Gasteiger partial charge >= 0.3 is 5.97 Å². The van der Waals surface area contributed by atoms with Crippen molar-refractivity contribution in [3.05, 3.63) is 41.3 Å². The van der Waals surface area contributed by atoms with Crippen LogP contribution in [0.2, 0.25) is 0 Å². The van der Waals surface area contributed by atoms with E-state index in [0.717, 1.165) is 44.9 Å². The van der Waals surface area contributed by atoms with E-state index in [2.05, 4.69) is 39.2 Å². The predicted octanol–water partition coefficient (Wildman–Crippen LogP) is 3.29. The van der Waals surface area contributed by atoms with E-state index in [-0.39, 0.29) is 5.97 Å². The molecule has 0 saturated heterocycles. The minimum absolute atomic E-state index is 0.151. The molecular weight excluding hydrogens is 264 g/mol. The highest BCUT2D eigenvalue weighted by atomic mass is 16.5. The van der Waals surface area contributed by atoms with E-state index in [1.165, 1.54) is 24.1 Å². The summed E-state index contributed by atoms with van der Waals surface area (Å²) in [6, 6.07) is 0.